The van der Waals surface area contributed by atoms with Crippen molar-refractivity contribution in [3.63, 3.8) is 0 Å². The lowest BCUT2D eigenvalue weighted by Gasteiger charge is -2.25. The quantitative estimate of drug-likeness (QED) is 0.435. The maximum Gasteiger partial charge on any atom is 0.490 e. The van der Waals surface area contributed by atoms with E-state index in [4.69, 9.17) is 22.1 Å². The lowest BCUT2D eigenvalue weighted by molar-refractivity contribution is -0.192. The molecule has 0 saturated carbocycles. The largest absolute Gasteiger partial charge is 0.490 e. The second kappa shape index (κ2) is 10.3. The van der Waals surface area contributed by atoms with Gasteiger partial charge < -0.3 is 20.2 Å². The van der Waals surface area contributed by atoms with E-state index in [1.807, 2.05) is 19.1 Å². The number of carboxylic acids is 1. The van der Waals surface area contributed by atoms with Gasteiger partial charge in [-0.25, -0.2) is 9.78 Å². The molecule has 1 aromatic heterocycles. The first-order chi connectivity index (χ1) is 16.2. The lowest BCUT2D eigenvalue weighted by atomic mass is 10.0. The summed E-state index contributed by atoms with van der Waals surface area (Å²) < 4.78 is 70.7. The summed E-state index contributed by atoms with van der Waals surface area (Å²) in [6, 6.07) is 9.46. The molecule has 6 nitrogen and oxygen atoms in total. The highest BCUT2D eigenvalue weighted by atomic mass is 32.1. The number of hydrogen-bond donors (Lipinski definition) is 2. The molecule has 2 atom stereocenters. The number of aliphatic carboxylic acids is 1. The third kappa shape index (κ3) is 6.96. The number of likely N-dealkylation sites (tertiary alicyclic amines) is 1. The van der Waals surface area contributed by atoms with Crippen LogP contribution in [0, 0.1) is 18.8 Å². The van der Waals surface area contributed by atoms with Crippen LogP contribution in [0.3, 0.4) is 0 Å². The van der Waals surface area contributed by atoms with Crippen molar-refractivity contribution in [2.45, 2.75) is 19.3 Å². The molecule has 4 rings (SSSR count). The molecule has 13 heteroatoms. The molecular formula is C22H22F6N4O2S. The SMILES string of the molecule is Cc1ccnc(NC(=S)N2CC3CN(c4cccc(C(F)(F)F)c4)CC3C2)c1.O=C(O)C(F)(F)F. The maximum absolute atomic E-state index is 13.0. The first-order valence-corrected chi connectivity index (χ1v) is 10.9. The van der Waals surface area contributed by atoms with Crippen molar-refractivity contribution in [2.24, 2.45) is 11.8 Å². The minimum absolute atomic E-state index is 0.389. The minimum Gasteiger partial charge on any atom is -0.475 e. The molecular weight excluding hydrogens is 498 g/mol. The van der Waals surface area contributed by atoms with Crippen LogP contribution in [0.5, 0.6) is 0 Å². The Hall–Kier alpha value is -3.09. The Balaban J connectivity index is 0.000000429. The first kappa shape index (κ1) is 26.5. The number of carboxylic acid groups (broad SMARTS) is 1. The number of hydrogen-bond acceptors (Lipinski definition) is 4. The fourth-order valence-electron chi connectivity index (χ4n) is 4.04. The standard InChI is InChI=1S/C20H21F3N4S.C2HF3O2/c1-13-5-6-24-18(7-13)25-19(28)27-11-14-9-26(10-15(14)12-27)17-4-2-3-16(8-17)20(21,22)23;3-2(4,5)1(6)7/h2-8,14-15H,9-12H2,1H3,(H,24,25,28);(H,6,7). The number of rotatable bonds is 2. The summed E-state index contributed by atoms with van der Waals surface area (Å²) >= 11 is 5.53. The number of nitrogens with one attached hydrogen (secondary N) is 1. The van der Waals surface area contributed by atoms with Crippen LogP contribution in [0.2, 0.25) is 0 Å². The highest BCUT2D eigenvalue weighted by Gasteiger charge is 2.41. The van der Waals surface area contributed by atoms with Crippen LogP contribution in [0.4, 0.5) is 37.8 Å². The summed E-state index contributed by atoms with van der Waals surface area (Å²) in [5, 5.41) is 11.0. The molecule has 2 unspecified atom stereocenters. The number of alkyl halides is 6. The average molecular weight is 520 g/mol. The Morgan fingerprint density at radius 3 is 2.17 bits per heavy atom. The van der Waals surface area contributed by atoms with E-state index in [0.717, 1.165) is 43.6 Å². The van der Waals surface area contributed by atoms with Gasteiger partial charge in [-0.15, -0.1) is 0 Å². The van der Waals surface area contributed by atoms with Gasteiger partial charge in [0.05, 0.1) is 5.56 Å². The fourth-order valence-corrected chi connectivity index (χ4v) is 4.30. The van der Waals surface area contributed by atoms with Crippen molar-refractivity contribution in [1.29, 1.82) is 0 Å². The lowest BCUT2D eigenvalue weighted by Crippen LogP contribution is -2.36. The number of fused-ring (bicyclic) bond motifs is 1. The predicted octanol–water partition coefficient (Wildman–Crippen LogP) is 4.81. The van der Waals surface area contributed by atoms with Gasteiger partial charge in [-0.1, -0.05) is 6.07 Å². The molecule has 2 saturated heterocycles. The van der Waals surface area contributed by atoms with E-state index >= 15 is 0 Å². The molecule has 2 aliphatic heterocycles. The second-order valence-electron chi connectivity index (χ2n) is 8.33. The molecule has 2 aliphatic rings. The molecule has 3 heterocycles. The zero-order chi connectivity index (χ0) is 26.0. The van der Waals surface area contributed by atoms with Crippen molar-refractivity contribution < 1.29 is 36.2 Å². The molecule has 2 N–H and O–H groups in total. The van der Waals surface area contributed by atoms with E-state index in [-0.39, 0.29) is 0 Å². The number of thiocarbonyl (C=S) groups is 1. The van der Waals surface area contributed by atoms with E-state index in [9.17, 15) is 26.3 Å². The molecule has 0 bridgehead atoms. The highest BCUT2D eigenvalue weighted by molar-refractivity contribution is 7.80. The molecule has 0 aliphatic carbocycles. The van der Waals surface area contributed by atoms with Gasteiger partial charge in [-0.2, -0.15) is 26.3 Å². The van der Waals surface area contributed by atoms with Crippen molar-refractivity contribution in [2.75, 3.05) is 36.4 Å². The molecule has 190 valence electrons. The topological polar surface area (TPSA) is 68.7 Å². The molecule has 2 fully saturated rings. The Morgan fingerprint density at radius 1 is 1.06 bits per heavy atom. The van der Waals surface area contributed by atoms with Crippen molar-refractivity contribution in [3.8, 4) is 0 Å². The maximum atomic E-state index is 13.0. The number of anilines is 2. The molecule has 1 aromatic carbocycles. The number of nitrogens with zero attached hydrogens (tertiary/aromatic N) is 3. The van der Waals surface area contributed by atoms with Crippen LogP contribution in [0.1, 0.15) is 11.1 Å². The van der Waals surface area contributed by atoms with E-state index in [1.165, 1.54) is 12.1 Å². The van der Waals surface area contributed by atoms with Gasteiger partial charge >= 0.3 is 18.3 Å². The summed E-state index contributed by atoms with van der Waals surface area (Å²) in [6.07, 6.45) is -7.66. The van der Waals surface area contributed by atoms with Crippen molar-refractivity contribution in [1.82, 2.24) is 9.88 Å². The Kier molecular flexibility index (Phi) is 7.77. The third-order valence-corrected chi connectivity index (χ3v) is 6.07. The summed E-state index contributed by atoms with van der Waals surface area (Å²) in [6.45, 7) is 5.09. The number of benzene rings is 1. The van der Waals surface area contributed by atoms with E-state index in [1.54, 1.807) is 12.3 Å². The zero-order valence-corrected chi connectivity index (χ0v) is 19.2. The number of aryl methyl sites for hydroxylation is 1. The summed E-state index contributed by atoms with van der Waals surface area (Å²) in [5.74, 6) is -1.25. The van der Waals surface area contributed by atoms with Gasteiger partial charge in [-0.3, -0.25) is 0 Å². The van der Waals surface area contributed by atoms with Crippen molar-refractivity contribution >= 4 is 34.8 Å². The fraction of sp³-hybridized carbons (Fsp3) is 0.409. The van der Waals surface area contributed by atoms with E-state index in [2.05, 4.69) is 20.1 Å². The average Bonchev–Trinajstić information content (AvgIpc) is 3.33. The van der Waals surface area contributed by atoms with Crippen LogP contribution in [0.15, 0.2) is 42.6 Å². The smallest absolute Gasteiger partial charge is 0.475 e. The summed E-state index contributed by atoms with van der Waals surface area (Å²) in [7, 11) is 0. The van der Waals surface area contributed by atoms with Crippen LogP contribution in [-0.2, 0) is 11.0 Å². The molecule has 0 radical (unpaired) electrons. The Bertz CT molecular complexity index is 1060. The van der Waals surface area contributed by atoms with Gasteiger partial charge in [0.1, 0.15) is 5.82 Å². The van der Waals surface area contributed by atoms with Crippen LogP contribution in [0.25, 0.3) is 0 Å². The number of halogens is 6. The van der Waals surface area contributed by atoms with Gasteiger partial charge in [0.15, 0.2) is 5.11 Å². The van der Waals surface area contributed by atoms with E-state index in [0.29, 0.717) is 22.6 Å². The second-order valence-corrected chi connectivity index (χ2v) is 8.72. The Morgan fingerprint density at radius 2 is 1.66 bits per heavy atom. The first-order valence-electron chi connectivity index (χ1n) is 10.4. The van der Waals surface area contributed by atoms with Gasteiger partial charge in [-0.05, 0) is 55.0 Å². The van der Waals surface area contributed by atoms with Crippen LogP contribution >= 0.6 is 12.2 Å². The zero-order valence-electron chi connectivity index (χ0n) is 18.4. The van der Waals surface area contributed by atoms with Gasteiger partial charge in [0.25, 0.3) is 0 Å². The normalized spacial score (nSPS) is 19.6. The van der Waals surface area contributed by atoms with Gasteiger partial charge in [0, 0.05) is 49.9 Å². The summed E-state index contributed by atoms with van der Waals surface area (Å²) in [5.41, 5.74) is 1.15. The number of carbonyl (C=O) groups is 1. The van der Waals surface area contributed by atoms with Crippen LogP contribution in [-0.4, -0.2) is 58.4 Å². The highest BCUT2D eigenvalue weighted by Crippen LogP contribution is 2.37. The minimum atomic E-state index is -5.08. The Labute approximate surface area is 202 Å². The number of pyridine rings is 1. The van der Waals surface area contributed by atoms with Crippen molar-refractivity contribution in [3.05, 3.63) is 53.7 Å². The molecule has 35 heavy (non-hydrogen) atoms. The van der Waals surface area contributed by atoms with Crippen LogP contribution < -0.4 is 10.2 Å². The molecule has 0 amide bonds. The monoisotopic (exact) mass is 520 g/mol. The van der Waals surface area contributed by atoms with Gasteiger partial charge in [0.2, 0.25) is 0 Å². The summed E-state index contributed by atoms with van der Waals surface area (Å²) in [4.78, 5) is 17.4. The molecule has 0 spiro atoms. The number of aromatic nitrogens is 1. The molecule has 2 aromatic rings. The van der Waals surface area contributed by atoms with E-state index < -0.39 is 23.9 Å². The third-order valence-electron chi connectivity index (χ3n) is 5.71. The predicted molar refractivity (Wildman–Crippen MR) is 121 cm³/mol.